The normalized spacial score (nSPS) is 18.4. The van der Waals surface area contributed by atoms with Crippen molar-refractivity contribution in [2.75, 3.05) is 4.72 Å². The molecule has 2 aliphatic rings. The van der Waals surface area contributed by atoms with E-state index in [1.807, 2.05) is 13.0 Å². The van der Waals surface area contributed by atoms with E-state index in [1.165, 1.54) is 12.3 Å². The molecule has 0 saturated heterocycles. The highest BCUT2D eigenvalue weighted by Gasteiger charge is 2.30. The number of rotatable bonds is 6. The van der Waals surface area contributed by atoms with Gasteiger partial charge in [0.2, 0.25) is 5.95 Å². The first kappa shape index (κ1) is 15.6. The van der Waals surface area contributed by atoms with Crippen LogP contribution in [0.4, 0.5) is 5.95 Å². The highest BCUT2D eigenvalue weighted by molar-refractivity contribution is 7.92. The third-order valence-electron chi connectivity index (χ3n) is 4.71. The fourth-order valence-electron chi connectivity index (χ4n) is 2.93. The SMILES string of the molecule is CCc1cc(C2CC2)nc(NS(=O)(=O)c2ccnn2C2CCC2)n1. The molecule has 8 heteroatoms. The lowest BCUT2D eigenvalue weighted by atomic mass is 9.93. The molecule has 0 spiro atoms. The second-order valence-electron chi connectivity index (χ2n) is 6.54. The third kappa shape index (κ3) is 2.90. The summed E-state index contributed by atoms with van der Waals surface area (Å²) in [5.74, 6) is 0.611. The Kier molecular flexibility index (Phi) is 3.79. The van der Waals surface area contributed by atoms with Gasteiger partial charge in [0.15, 0.2) is 5.03 Å². The zero-order valence-electron chi connectivity index (χ0n) is 13.6. The fraction of sp³-hybridized carbons (Fsp3) is 0.562. The maximum atomic E-state index is 12.8. The molecule has 2 fully saturated rings. The molecule has 2 aromatic heterocycles. The van der Waals surface area contributed by atoms with Gasteiger partial charge in [0.25, 0.3) is 10.0 Å². The van der Waals surface area contributed by atoms with Gasteiger partial charge in [-0.1, -0.05) is 6.92 Å². The van der Waals surface area contributed by atoms with Crippen LogP contribution in [0.1, 0.15) is 62.4 Å². The molecule has 0 radical (unpaired) electrons. The van der Waals surface area contributed by atoms with E-state index in [9.17, 15) is 8.42 Å². The van der Waals surface area contributed by atoms with Crippen molar-refractivity contribution in [3.63, 3.8) is 0 Å². The first-order chi connectivity index (χ1) is 11.6. The van der Waals surface area contributed by atoms with E-state index in [0.717, 1.165) is 49.9 Å². The average molecular weight is 347 g/mol. The zero-order chi connectivity index (χ0) is 16.7. The summed E-state index contributed by atoms with van der Waals surface area (Å²) in [5.41, 5.74) is 1.80. The summed E-state index contributed by atoms with van der Waals surface area (Å²) in [4.78, 5) is 8.75. The first-order valence-electron chi connectivity index (χ1n) is 8.51. The van der Waals surface area contributed by atoms with Crippen LogP contribution < -0.4 is 4.72 Å². The van der Waals surface area contributed by atoms with Gasteiger partial charge in [-0.25, -0.2) is 19.4 Å². The fourth-order valence-corrected chi connectivity index (χ4v) is 4.05. The Morgan fingerprint density at radius 1 is 1.25 bits per heavy atom. The van der Waals surface area contributed by atoms with Crippen LogP contribution in [0.3, 0.4) is 0 Å². The molecular formula is C16H21N5O2S. The van der Waals surface area contributed by atoms with E-state index in [0.29, 0.717) is 5.92 Å². The van der Waals surface area contributed by atoms with Gasteiger partial charge in [-0.15, -0.1) is 0 Å². The Bertz CT molecular complexity index is 853. The molecule has 0 bridgehead atoms. The quantitative estimate of drug-likeness (QED) is 0.867. The van der Waals surface area contributed by atoms with Crippen molar-refractivity contribution in [1.29, 1.82) is 0 Å². The molecule has 2 saturated carbocycles. The predicted octanol–water partition coefficient (Wildman–Crippen LogP) is 2.64. The summed E-state index contributed by atoms with van der Waals surface area (Å²) in [5, 5.41) is 4.38. The lowest BCUT2D eigenvalue weighted by molar-refractivity contribution is 0.271. The number of hydrogen-bond acceptors (Lipinski definition) is 5. The van der Waals surface area contributed by atoms with Crippen molar-refractivity contribution < 1.29 is 8.42 Å². The Balaban J connectivity index is 1.64. The minimum atomic E-state index is -3.74. The number of hydrogen-bond donors (Lipinski definition) is 1. The largest absolute Gasteiger partial charge is 0.281 e. The van der Waals surface area contributed by atoms with Gasteiger partial charge in [-0.05, 0) is 50.7 Å². The molecule has 7 nitrogen and oxygen atoms in total. The molecule has 0 atom stereocenters. The van der Waals surface area contributed by atoms with Crippen molar-refractivity contribution >= 4 is 16.0 Å². The van der Waals surface area contributed by atoms with E-state index in [1.54, 1.807) is 4.68 Å². The maximum absolute atomic E-state index is 12.8. The highest BCUT2D eigenvalue weighted by atomic mass is 32.2. The number of nitrogens with zero attached hydrogens (tertiary/aromatic N) is 4. The van der Waals surface area contributed by atoms with Gasteiger partial charge in [-0.2, -0.15) is 13.5 Å². The van der Waals surface area contributed by atoms with E-state index in [-0.39, 0.29) is 17.0 Å². The monoisotopic (exact) mass is 347 g/mol. The number of aryl methyl sites for hydroxylation is 1. The van der Waals surface area contributed by atoms with Gasteiger partial charge in [0.1, 0.15) is 0 Å². The molecular weight excluding hydrogens is 326 g/mol. The van der Waals surface area contributed by atoms with Crippen LogP contribution >= 0.6 is 0 Å². The molecule has 128 valence electrons. The second kappa shape index (κ2) is 5.84. The van der Waals surface area contributed by atoms with Crippen LogP contribution in [0.5, 0.6) is 0 Å². The summed E-state index contributed by atoms with van der Waals surface area (Å²) in [6, 6.07) is 3.69. The van der Waals surface area contributed by atoms with E-state index < -0.39 is 10.0 Å². The van der Waals surface area contributed by atoms with Crippen LogP contribution in [-0.2, 0) is 16.4 Å². The predicted molar refractivity (Wildman–Crippen MR) is 89.3 cm³/mol. The molecule has 4 rings (SSSR count). The Labute approximate surface area is 141 Å². The van der Waals surface area contributed by atoms with E-state index in [4.69, 9.17) is 0 Å². The zero-order valence-corrected chi connectivity index (χ0v) is 14.5. The Hall–Kier alpha value is -1.96. The standard InChI is InChI=1S/C16H21N5O2S/c1-2-12-10-14(11-6-7-11)19-16(18-12)20-24(22,23)15-8-9-17-21(15)13-4-3-5-13/h8-11,13H,2-7H2,1H3,(H,18,19,20). The number of sulfonamides is 1. The summed E-state index contributed by atoms with van der Waals surface area (Å²) < 4.78 is 29.7. The Morgan fingerprint density at radius 3 is 2.67 bits per heavy atom. The van der Waals surface area contributed by atoms with E-state index in [2.05, 4.69) is 19.8 Å². The summed E-state index contributed by atoms with van der Waals surface area (Å²) in [7, 11) is -3.74. The van der Waals surface area contributed by atoms with Gasteiger partial charge < -0.3 is 0 Å². The molecule has 0 aromatic carbocycles. The van der Waals surface area contributed by atoms with Crippen molar-refractivity contribution in [3.05, 3.63) is 29.7 Å². The third-order valence-corrected chi connectivity index (χ3v) is 6.04. The first-order valence-corrected chi connectivity index (χ1v) is 9.99. The molecule has 1 N–H and O–H groups in total. The van der Waals surface area contributed by atoms with Gasteiger partial charge in [0, 0.05) is 17.3 Å². The Morgan fingerprint density at radius 2 is 2.04 bits per heavy atom. The summed E-state index contributed by atoms with van der Waals surface area (Å²) >= 11 is 0. The molecule has 0 unspecified atom stereocenters. The molecule has 2 heterocycles. The van der Waals surface area contributed by atoms with Crippen LogP contribution in [0, 0.1) is 0 Å². The van der Waals surface area contributed by atoms with Gasteiger partial charge in [0.05, 0.1) is 12.2 Å². The lowest BCUT2D eigenvalue weighted by Gasteiger charge is -2.27. The summed E-state index contributed by atoms with van der Waals surface area (Å²) in [6.07, 6.45) is 7.56. The lowest BCUT2D eigenvalue weighted by Crippen LogP contribution is -2.25. The number of nitrogens with one attached hydrogen (secondary N) is 1. The summed E-state index contributed by atoms with van der Waals surface area (Å²) in [6.45, 7) is 2.00. The van der Waals surface area contributed by atoms with Gasteiger partial charge >= 0.3 is 0 Å². The highest BCUT2D eigenvalue weighted by Crippen LogP contribution is 2.39. The minimum Gasteiger partial charge on any atom is -0.249 e. The molecule has 2 aromatic rings. The number of aromatic nitrogens is 4. The molecule has 0 amide bonds. The van der Waals surface area contributed by atoms with Crippen molar-refractivity contribution in [2.45, 2.75) is 62.4 Å². The average Bonchev–Trinajstić information content (AvgIpc) is 3.24. The topological polar surface area (TPSA) is 89.8 Å². The second-order valence-corrected chi connectivity index (χ2v) is 8.17. The van der Waals surface area contributed by atoms with Crippen molar-refractivity contribution in [2.24, 2.45) is 0 Å². The maximum Gasteiger partial charge on any atom is 0.281 e. The van der Waals surface area contributed by atoms with Crippen LogP contribution in [0.25, 0.3) is 0 Å². The smallest absolute Gasteiger partial charge is 0.249 e. The van der Waals surface area contributed by atoms with Crippen molar-refractivity contribution in [3.8, 4) is 0 Å². The number of anilines is 1. The van der Waals surface area contributed by atoms with E-state index >= 15 is 0 Å². The van der Waals surface area contributed by atoms with Crippen LogP contribution in [0.15, 0.2) is 23.4 Å². The molecule has 0 aliphatic heterocycles. The van der Waals surface area contributed by atoms with Crippen LogP contribution in [-0.4, -0.2) is 28.2 Å². The minimum absolute atomic E-state index is 0.164. The molecule has 2 aliphatic carbocycles. The van der Waals surface area contributed by atoms with Gasteiger partial charge in [-0.3, -0.25) is 0 Å². The van der Waals surface area contributed by atoms with Crippen LogP contribution in [0.2, 0.25) is 0 Å². The molecule has 24 heavy (non-hydrogen) atoms. The van der Waals surface area contributed by atoms with Crippen molar-refractivity contribution in [1.82, 2.24) is 19.7 Å².